The zero-order chi connectivity index (χ0) is 18.2. The lowest BCUT2D eigenvalue weighted by Gasteiger charge is -2.15. The van der Waals surface area contributed by atoms with Crippen molar-refractivity contribution in [2.24, 2.45) is 0 Å². The summed E-state index contributed by atoms with van der Waals surface area (Å²) in [6.07, 6.45) is -0.831. The third-order valence-electron chi connectivity index (χ3n) is 3.00. The maximum atomic E-state index is 13.3. The van der Waals surface area contributed by atoms with Crippen LogP contribution in [0, 0.1) is 5.82 Å². The number of rotatable bonds is 6. The number of hydrogen-bond donors (Lipinski definition) is 2. The molecular weight excluding hydrogens is 395 g/mol. The number of ether oxygens (including phenoxy) is 2. The number of carbonyl (C=O) groups is 2. The Morgan fingerprint density at radius 3 is 2.64 bits per heavy atom. The Morgan fingerprint density at radius 2 is 1.92 bits per heavy atom. The first-order valence-corrected chi connectivity index (χ1v) is 8.13. The Balaban J connectivity index is 1.75. The summed E-state index contributed by atoms with van der Waals surface area (Å²) in [5.41, 5.74) is 4.39. The molecule has 0 aliphatic carbocycles. The zero-order valence-corrected chi connectivity index (χ0v) is 14.9. The third kappa shape index (κ3) is 6.07. The monoisotopic (exact) mass is 410 g/mol. The van der Waals surface area contributed by atoms with Crippen molar-refractivity contribution < 1.29 is 23.5 Å². The van der Waals surface area contributed by atoms with Gasteiger partial charge in [-0.15, -0.1) is 0 Å². The number of amides is 2. The van der Waals surface area contributed by atoms with E-state index in [1.807, 2.05) is 6.07 Å². The fourth-order valence-electron chi connectivity index (χ4n) is 1.77. The minimum atomic E-state index is -0.831. The molecule has 0 saturated carbocycles. The predicted molar refractivity (Wildman–Crippen MR) is 92.4 cm³/mol. The van der Waals surface area contributed by atoms with Crippen molar-refractivity contribution in [2.75, 3.05) is 6.61 Å². The molecule has 0 heterocycles. The van der Waals surface area contributed by atoms with E-state index in [-0.39, 0.29) is 5.75 Å². The maximum absolute atomic E-state index is 13.3. The molecule has 2 aromatic carbocycles. The van der Waals surface area contributed by atoms with Gasteiger partial charge in [-0.05, 0) is 37.3 Å². The highest BCUT2D eigenvalue weighted by Gasteiger charge is 2.16. The molecule has 1 unspecified atom stereocenters. The molecule has 2 N–H and O–H groups in total. The normalized spacial score (nSPS) is 11.3. The van der Waals surface area contributed by atoms with Crippen LogP contribution in [0.1, 0.15) is 6.92 Å². The summed E-state index contributed by atoms with van der Waals surface area (Å²) in [4.78, 5) is 23.5. The van der Waals surface area contributed by atoms with Crippen LogP contribution < -0.4 is 20.3 Å². The molecule has 8 heteroatoms. The summed E-state index contributed by atoms with van der Waals surface area (Å²) in [7, 11) is 0. The number of benzene rings is 2. The molecule has 2 amide bonds. The van der Waals surface area contributed by atoms with Crippen molar-refractivity contribution in [1.29, 1.82) is 0 Å². The van der Waals surface area contributed by atoms with Crippen LogP contribution in [0.15, 0.2) is 53.0 Å². The van der Waals surface area contributed by atoms with Crippen molar-refractivity contribution in [1.82, 2.24) is 10.9 Å². The quantitative estimate of drug-likeness (QED) is 0.717. The van der Waals surface area contributed by atoms with Crippen molar-refractivity contribution >= 4 is 27.7 Å². The van der Waals surface area contributed by atoms with E-state index >= 15 is 0 Å². The van der Waals surface area contributed by atoms with Crippen LogP contribution in [0.4, 0.5) is 4.39 Å². The number of para-hydroxylation sites is 1. The van der Waals surface area contributed by atoms with Gasteiger partial charge in [0.05, 0.1) is 0 Å². The molecule has 0 aliphatic rings. The second-order valence-corrected chi connectivity index (χ2v) is 5.89. The molecule has 0 fully saturated rings. The summed E-state index contributed by atoms with van der Waals surface area (Å²) in [5, 5.41) is 0. The van der Waals surface area contributed by atoms with E-state index in [1.54, 1.807) is 24.3 Å². The molecule has 0 bridgehead atoms. The van der Waals surface area contributed by atoms with Gasteiger partial charge in [-0.25, -0.2) is 4.39 Å². The molecule has 25 heavy (non-hydrogen) atoms. The van der Waals surface area contributed by atoms with Crippen LogP contribution in [-0.2, 0) is 9.59 Å². The van der Waals surface area contributed by atoms with Crippen LogP contribution in [0.25, 0.3) is 0 Å². The average Bonchev–Trinajstić information content (AvgIpc) is 2.59. The van der Waals surface area contributed by atoms with Gasteiger partial charge in [-0.3, -0.25) is 20.4 Å². The number of hydrazine groups is 1. The second-order valence-electron chi connectivity index (χ2n) is 4.97. The summed E-state index contributed by atoms with van der Waals surface area (Å²) >= 11 is 3.30. The SMILES string of the molecule is CC(Oc1cccc(Br)c1)C(=O)NNC(=O)COc1ccccc1F. The maximum Gasteiger partial charge on any atom is 0.279 e. The summed E-state index contributed by atoms with van der Waals surface area (Å²) in [6.45, 7) is 1.10. The number of nitrogens with one attached hydrogen (secondary N) is 2. The lowest BCUT2D eigenvalue weighted by Crippen LogP contribution is -2.48. The van der Waals surface area contributed by atoms with E-state index in [1.165, 1.54) is 25.1 Å². The number of halogens is 2. The Labute approximate surface area is 152 Å². The van der Waals surface area contributed by atoms with Crippen LogP contribution in [0.5, 0.6) is 11.5 Å². The molecule has 2 rings (SSSR count). The highest BCUT2D eigenvalue weighted by Crippen LogP contribution is 2.18. The van der Waals surface area contributed by atoms with Gasteiger partial charge in [0, 0.05) is 4.47 Å². The van der Waals surface area contributed by atoms with Crippen molar-refractivity contribution in [3.05, 3.63) is 58.8 Å². The summed E-state index contributed by atoms with van der Waals surface area (Å²) in [6, 6.07) is 12.7. The number of carbonyl (C=O) groups excluding carboxylic acids is 2. The first-order valence-electron chi connectivity index (χ1n) is 7.34. The van der Waals surface area contributed by atoms with Crippen molar-refractivity contribution in [3.8, 4) is 11.5 Å². The number of hydrogen-bond acceptors (Lipinski definition) is 4. The fraction of sp³-hybridized carbons (Fsp3) is 0.176. The molecule has 0 aliphatic heterocycles. The van der Waals surface area contributed by atoms with E-state index in [9.17, 15) is 14.0 Å². The molecule has 0 saturated heterocycles. The van der Waals surface area contributed by atoms with Crippen LogP contribution in [0.3, 0.4) is 0 Å². The van der Waals surface area contributed by atoms with Gasteiger partial charge in [-0.2, -0.15) is 0 Å². The van der Waals surface area contributed by atoms with Gasteiger partial charge < -0.3 is 9.47 Å². The molecule has 6 nitrogen and oxygen atoms in total. The lowest BCUT2D eigenvalue weighted by atomic mass is 10.3. The van der Waals surface area contributed by atoms with E-state index in [2.05, 4.69) is 26.8 Å². The van der Waals surface area contributed by atoms with E-state index in [4.69, 9.17) is 9.47 Å². The third-order valence-corrected chi connectivity index (χ3v) is 3.49. The Morgan fingerprint density at radius 1 is 1.16 bits per heavy atom. The predicted octanol–water partition coefficient (Wildman–Crippen LogP) is 2.58. The largest absolute Gasteiger partial charge is 0.481 e. The highest BCUT2D eigenvalue weighted by molar-refractivity contribution is 9.10. The standard InChI is InChI=1S/C17H16BrFN2O4/c1-11(25-13-6-4-5-12(18)9-13)17(23)21-20-16(22)10-24-15-8-3-2-7-14(15)19/h2-9,11H,10H2,1H3,(H,20,22)(H,21,23). The first kappa shape index (κ1) is 18.7. The van der Waals surface area contributed by atoms with E-state index in [0.717, 1.165) is 4.47 Å². The van der Waals surface area contributed by atoms with Gasteiger partial charge in [0.2, 0.25) is 0 Å². The molecule has 0 aromatic heterocycles. The van der Waals surface area contributed by atoms with Gasteiger partial charge >= 0.3 is 0 Å². The minimum absolute atomic E-state index is 0.0460. The molecule has 132 valence electrons. The van der Waals surface area contributed by atoms with Gasteiger partial charge in [0.1, 0.15) is 5.75 Å². The molecular formula is C17H16BrFN2O4. The Kier molecular flexibility index (Phi) is 6.76. The summed E-state index contributed by atoms with van der Waals surface area (Å²) in [5.74, 6) is -1.29. The van der Waals surface area contributed by atoms with E-state index in [0.29, 0.717) is 5.75 Å². The minimum Gasteiger partial charge on any atom is -0.481 e. The topological polar surface area (TPSA) is 76.7 Å². The van der Waals surface area contributed by atoms with E-state index < -0.39 is 30.3 Å². The second kappa shape index (κ2) is 9.03. The van der Waals surface area contributed by atoms with Gasteiger partial charge in [0.15, 0.2) is 24.3 Å². The lowest BCUT2D eigenvalue weighted by molar-refractivity contribution is -0.133. The molecule has 0 radical (unpaired) electrons. The Bertz CT molecular complexity index is 757. The van der Waals surface area contributed by atoms with Crippen LogP contribution in [-0.4, -0.2) is 24.5 Å². The van der Waals surface area contributed by atoms with Crippen LogP contribution >= 0.6 is 15.9 Å². The molecule has 0 spiro atoms. The van der Waals surface area contributed by atoms with Crippen molar-refractivity contribution in [3.63, 3.8) is 0 Å². The Hall–Kier alpha value is -2.61. The van der Waals surface area contributed by atoms with Gasteiger partial charge in [-0.1, -0.05) is 34.1 Å². The first-order chi connectivity index (χ1) is 12.0. The highest BCUT2D eigenvalue weighted by atomic mass is 79.9. The summed E-state index contributed by atoms with van der Waals surface area (Å²) < 4.78 is 24.7. The fourth-order valence-corrected chi connectivity index (χ4v) is 2.15. The molecule has 2 aromatic rings. The van der Waals surface area contributed by atoms with Crippen molar-refractivity contribution in [2.45, 2.75) is 13.0 Å². The zero-order valence-electron chi connectivity index (χ0n) is 13.3. The molecule has 1 atom stereocenters. The smallest absolute Gasteiger partial charge is 0.279 e. The van der Waals surface area contributed by atoms with Gasteiger partial charge in [0.25, 0.3) is 11.8 Å². The van der Waals surface area contributed by atoms with Crippen LogP contribution in [0.2, 0.25) is 0 Å². The average molecular weight is 411 g/mol.